The summed E-state index contributed by atoms with van der Waals surface area (Å²) in [4.78, 5) is 20.6. The number of amides is 1. The van der Waals surface area contributed by atoms with Crippen LogP contribution in [0.5, 0.6) is 5.75 Å². The van der Waals surface area contributed by atoms with Gasteiger partial charge in [0.2, 0.25) is 11.9 Å². The van der Waals surface area contributed by atoms with Crippen LogP contribution in [0.4, 0.5) is 5.95 Å². The molecule has 122 valence electrons. The standard InChI is InChI=1S/C16H21N5O2/c1-2-23-14-5-3-13(4-6-14)11-15(22)20-7-9-21(10-8-20)16-17-12-18-19-16/h3-6,12H,2,7-11H2,1H3,(H,17,18,19). The van der Waals surface area contributed by atoms with E-state index in [4.69, 9.17) is 4.74 Å². The summed E-state index contributed by atoms with van der Waals surface area (Å²) in [6.45, 7) is 5.55. The minimum atomic E-state index is 0.159. The number of aromatic nitrogens is 3. The molecule has 3 rings (SSSR count). The lowest BCUT2D eigenvalue weighted by atomic mass is 10.1. The van der Waals surface area contributed by atoms with Gasteiger partial charge in [-0.2, -0.15) is 10.1 Å². The van der Waals surface area contributed by atoms with Crippen molar-refractivity contribution >= 4 is 11.9 Å². The van der Waals surface area contributed by atoms with Gasteiger partial charge in [0.25, 0.3) is 0 Å². The van der Waals surface area contributed by atoms with Crippen molar-refractivity contribution in [1.29, 1.82) is 0 Å². The number of anilines is 1. The van der Waals surface area contributed by atoms with Gasteiger partial charge in [0, 0.05) is 26.2 Å². The zero-order valence-corrected chi connectivity index (χ0v) is 13.2. The Bertz CT molecular complexity index is 618. The number of benzene rings is 1. The van der Waals surface area contributed by atoms with E-state index in [1.165, 1.54) is 6.33 Å². The van der Waals surface area contributed by atoms with Gasteiger partial charge in [-0.1, -0.05) is 12.1 Å². The van der Waals surface area contributed by atoms with E-state index in [-0.39, 0.29) is 5.91 Å². The maximum atomic E-state index is 12.4. The van der Waals surface area contributed by atoms with Gasteiger partial charge in [0.1, 0.15) is 12.1 Å². The second kappa shape index (κ2) is 7.13. The summed E-state index contributed by atoms with van der Waals surface area (Å²) < 4.78 is 5.41. The minimum absolute atomic E-state index is 0.159. The van der Waals surface area contributed by atoms with Crippen molar-refractivity contribution in [3.8, 4) is 5.75 Å². The lowest BCUT2D eigenvalue weighted by Crippen LogP contribution is -2.49. The number of aromatic amines is 1. The van der Waals surface area contributed by atoms with Gasteiger partial charge in [-0.25, -0.2) is 5.10 Å². The van der Waals surface area contributed by atoms with Crippen molar-refractivity contribution in [2.24, 2.45) is 0 Å². The van der Waals surface area contributed by atoms with Gasteiger partial charge >= 0.3 is 0 Å². The molecule has 1 aliphatic rings. The van der Waals surface area contributed by atoms with Gasteiger partial charge in [0.05, 0.1) is 13.0 Å². The Morgan fingerprint density at radius 3 is 2.57 bits per heavy atom. The fourth-order valence-corrected chi connectivity index (χ4v) is 2.68. The number of carbonyl (C=O) groups is 1. The largest absolute Gasteiger partial charge is 0.494 e. The van der Waals surface area contributed by atoms with Crippen LogP contribution in [0.3, 0.4) is 0 Å². The molecule has 2 heterocycles. The molecule has 1 N–H and O–H groups in total. The fraction of sp³-hybridized carbons (Fsp3) is 0.438. The first kappa shape index (κ1) is 15.3. The highest BCUT2D eigenvalue weighted by atomic mass is 16.5. The zero-order valence-electron chi connectivity index (χ0n) is 13.2. The van der Waals surface area contributed by atoms with Gasteiger partial charge in [-0.3, -0.25) is 4.79 Å². The molecule has 1 amide bonds. The Kier molecular flexibility index (Phi) is 4.75. The predicted octanol–water partition coefficient (Wildman–Crippen LogP) is 1.09. The van der Waals surface area contributed by atoms with Crippen molar-refractivity contribution in [2.45, 2.75) is 13.3 Å². The molecule has 0 bridgehead atoms. The first-order valence-corrected chi connectivity index (χ1v) is 7.86. The fourth-order valence-electron chi connectivity index (χ4n) is 2.68. The van der Waals surface area contributed by atoms with Crippen LogP contribution in [-0.2, 0) is 11.2 Å². The van der Waals surface area contributed by atoms with E-state index in [1.54, 1.807) is 0 Å². The molecule has 7 nitrogen and oxygen atoms in total. The quantitative estimate of drug-likeness (QED) is 0.894. The molecule has 1 aromatic heterocycles. The van der Waals surface area contributed by atoms with Crippen molar-refractivity contribution in [2.75, 3.05) is 37.7 Å². The second-order valence-electron chi connectivity index (χ2n) is 5.43. The molecule has 0 atom stereocenters. The molecule has 0 radical (unpaired) electrons. The van der Waals surface area contributed by atoms with Crippen LogP contribution >= 0.6 is 0 Å². The molecule has 0 saturated carbocycles. The molecule has 0 aliphatic carbocycles. The van der Waals surface area contributed by atoms with E-state index in [0.717, 1.165) is 30.4 Å². The summed E-state index contributed by atoms with van der Waals surface area (Å²) >= 11 is 0. The maximum absolute atomic E-state index is 12.4. The summed E-state index contributed by atoms with van der Waals surface area (Å²) in [5.41, 5.74) is 1.01. The summed E-state index contributed by atoms with van der Waals surface area (Å²) in [5, 5.41) is 6.71. The first-order valence-electron chi connectivity index (χ1n) is 7.86. The molecular formula is C16H21N5O2. The minimum Gasteiger partial charge on any atom is -0.494 e. The highest BCUT2D eigenvalue weighted by Crippen LogP contribution is 2.14. The topological polar surface area (TPSA) is 74.3 Å². The summed E-state index contributed by atoms with van der Waals surface area (Å²) in [6, 6.07) is 7.73. The molecule has 7 heteroatoms. The lowest BCUT2D eigenvalue weighted by Gasteiger charge is -2.34. The summed E-state index contributed by atoms with van der Waals surface area (Å²) in [6.07, 6.45) is 1.92. The van der Waals surface area contributed by atoms with Gasteiger partial charge in [-0.15, -0.1) is 0 Å². The number of hydrogen-bond donors (Lipinski definition) is 1. The SMILES string of the molecule is CCOc1ccc(CC(=O)N2CCN(c3ncn[nH]3)CC2)cc1. The van der Waals surface area contributed by atoms with Gasteiger partial charge < -0.3 is 14.5 Å². The molecule has 0 unspecified atom stereocenters. The third-order valence-electron chi connectivity index (χ3n) is 3.92. The van der Waals surface area contributed by atoms with Crippen molar-refractivity contribution in [3.63, 3.8) is 0 Å². The number of H-pyrrole nitrogens is 1. The Balaban J connectivity index is 1.51. The highest BCUT2D eigenvalue weighted by Gasteiger charge is 2.22. The number of hydrogen-bond acceptors (Lipinski definition) is 5. The number of rotatable bonds is 5. The second-order valence-corrected chi connectivity index (χ2v) is 5.43. The molecule has 2 aromatic rings. The smallest absolute Gasteiger partial charge is 0.227 e. The van der Waals surface area contributed by atoms with Gasteiger partial charge in [-0.05, 0) is 24.6 Å². The zero-order chi connectivity index (χ0) is 16.1. The van der Waals surface area contributed by atoms with Crippen molar-refractivity contribution in [1.82, 2.24) is 20.1 Å². The van der Waals surface area contributed by atoms with Crippen LogP contribution in [0.1, 0.15) is 12.5 Å². The number of nitrogens with one attached hydrogen (secondary N) is 1. The average Bonchev–Trinajstić information content (AvgIpc) is 3.11. The first-order chi connectivity index (χ1) is 11.3. The van der Waals surface area contributed by atoms with Crippen LogP contribution in [0.15, 0.2) is 30.6 Å². The Morgan fingerprint density at radius 1 is 1.22 bits per heavy atom. The van der Waals surface area contributed by atoms with Crippen LogP contribution in [-0.4, -0.2) is 58.8 Å². The highest BCUT2D eigenvalue weighted by molar-refractivity contribution is 5.79. The van der Waals surface area contributed by atoms with E-state index in [1.807, 2.05) is 36.1 Å². The van der Waals surface area contributed by atoms with Gasteiger partial charge in [0.15, 0.2) is 0 Å². The molecule has 1 aliphatic heterocycles. The van der Waals surface area contributed by atoms with E-state index in [9.17, 15) is 4.79 Å². The molecule has 0 spiro atoms. The van der Waals surface area contributed by atoms with Crippen LogP contribution in [0.25, 0.3) is 0 Å². The monoisotopic (exact) mass is 315 g/mol. The number of carbonyl (C=O) groups excluding carboxylic acids is 1. The average molecular weight is 315 g/mol. The molecule has 1 aromatic carbocycles. The third-order valence-corrected chi connectivity index (χ3v) is 3.92. The van der Waals surface area contributed by atoms with Crippen molar-refractivity contribution < 1.29 is 9.53 Å². The maximum Gasteiger partial charge on any atom is 0.227 e. The summed E-state index contributed by atoms with van der Waals surface area (Å²) in [7, 11) is 0. The molecule has 1 fully saturated rings. The Labute approximate surface area is 135 Å². The Morgan fingerprint density at radius 2 is 1.96 bits per heavy atom. The summed E-state index contributed by atoms with van der Waals surface area (Å²) in [5.74, 6) is 1.76. The predicted molar refractivity (Wildman–Crippen MR) is 86.5 cm³/mol. The van der Waals surface area contributed by atoms with Crippen LogP contribution in [0.2, 0.25) is 0 Å². The molecular weight excluding hydrogens is 294 g/mol. The van der Waals surface area contributed by atoms with Crippen molar-refractivity contribution in [3.05, 3.63) is 36.2 Å². The van der Waals surface area contributed by atoms with E-state index in [2.05, 4.69) is 20.1 Å². The van der Waals surface area contributed by atoms with Crippen LogP contribution < -0.4 is 9.64 Å². The molecule has 1 saturated heterocycles. The normalized spacial score (nSPS) is 14.8. The lowest BCUT2D eigenvalue weighted by molar-refractivity contribution is -0.130. The number of ether oxygens (including phenoxy) is 1. The number of piperazine rings is 1. The Hall–Kier alpha value is -2.57. The van der Waals surface area contributed by atoms with E-state index >= 15 is 0 Å². The third kappa shape index (κ3) is 3.80. The number of nitrogens with zero attached hydrogens (tertiary/aromatic N) is 4. The van der Waals surface area contributed by atoms with E-state index < -0.39 is 0 Å². The van der Waals surface area contributed by atoms with E-state index in [0.29, 0.717) is 26.1 Å². The molecule has 23 heavy (non-hydrogen) atoms. The van der Waals surface area contributed by atoms with Crippen LogP contribution in [0, 0.1) is 0 Å².